The van der Waals surface area contributed by atoms with E-state index in [1.807, 2.05) is 29.9 Å². The summed E-state index contributed by atoms with van der Waals surface area (Å²) >= 11 is 1.55. The molecule has 0 radical (unpaired) electrons. The number of nitrogens with one attached hydrogen (secondary N) is 2. The van der Waals surface area contributed by atoms with Gasteiger partial charge >= 0.3 is 12.0 Å². The Morgan fingerprint density at radius 3 is 2.88 bits per heavy atom. The number of carboxylic acid groups (broad SMARTS) is 1. The minimum Gasteiger partial charge on any atom is -0.479 e. The van der Waals surface area contributed by atoms with Crippen molar-refractivity contribution >= 4 is 23.3 Å². The van der Waals surface area contributed by atoms with Gasteiger partial charge in [-0.05, 0) is 17.9 Å². The molecule has 1 rings (SSSR count). The van der Waals surface area contributed by atoms with Gasteiger partial charge in [0.05, 0.1) is 6.04 Å². The largest absolute Gasteiger partial charge is 0.479 e. The van der Waals surface area contributed by atoms with Gasteiger partial charge in [0.25, 0.3) is 0 Å². The Balaban J connectivity index is 2.36. The lowest BCUT2D eigenvalue weighted by Gasteiger charge is -2.15. The van der Waals surface area contributed by atoms with E-state index in [9.17, 15) is 9.59 Å². The van der Waals surface area contributed by atoms with Crippen molar-refractivity contribution in [2.45, 2.75) is 19.4 Å². The van der Waals surface area contributed by atoms with Crippen molar-refractivity contribution in [2.24, 2.45) is 0 Å². The third-order valence-corrected chi connectivity index (χ3v) is 2.95. The smallest absolute Gasteiger partial charge is 0.339 e. The van der Waals surface area contributed by atoms with Crippen LogP contribution in [0.4, 0.5) is 4.79 Å². The van der Waals surface area contributed by atoms with Gasteiger partial charge in [-0.1, -0.05) is 13.0 Å². The molecule has 1 heterocycles. The Morgan fingerprint density at radius 2 is 2.35 bits per heavy atom. The zero-order valence-electron chi connectivity index (χ0n) is 9.30. The van der Waals surface area contributed by atoms with Crippen LogP contribution in [-0.4, -0.2) is 23.7 Å². The molecule has 0 aliphatic heterocycles. The predicted molar refractivity (Wildman–Crippen MR) is 62.6 cm³/mol. The quantitative estimate of drug-likeness (QED) is 0.675. The minimum absolute atomic E-state index is 0.0940. The van der Waals surface area contributed by atoms with Crippen LogP contribution in [0.25, 0.3) is 0 Å². The van der Waals surface area contributed by atoms with E-state index in [2.05, 4.69) is 10.2 Å². The van der Waals surface area contributed by atoms with Gasteiger partial charge in [-0.25, -0.2) is 15.1 Å². The van der Waals surface area contributed by atoms with Crippen LogP contribution in [0.1, 0.15) is 24.3 Å². The Morgan fingerprint density at radius 1 is 1.59 bits per heavy atom. The highest BCUT2D eigenvalue weighted by molar-refractivity contribution is 7.10. The van der Waals surface area contributed by atoms with Gasteiger partial charge in [0.2, 0.25) is 0 Å². The van der Waals surface area contributed by atoms with Crippen LogP contribution in [0.15, 0.2) is 17.5 Å². The summed E-state index contributed by atoms with van der Waals surface area (Å²) in [6, 6.07) is 3.19. The van der Waals surface area contributed by atoms with Crippen LogP contribution in [0.2, 0.25) is 0 Å². The van der Waals surface area contributed by atoms with Crippen molar-refractivity contribution in [1.82, 2.24) is 10.8 Å². The molecule has 6 nitrogen and oxygen atoms in total. The summed E-state index contributed by atoms with van der Waals surface area (Å²) in [7, 11) is 0. The average Bonchev–Trinajstić information content (AvgIpc) is 2.78. The van der Waals surface area contributed by atoms with Gasteiger partial charge in [-0.2, -0.15) is 0 Å². The van der Waals surface area contributed by atoms with Crippen LogP contribution in [0.5, 0.6) is 0 Å². The van der Waals surface area contributed by atoms with Crippen molar-refractivity contribution in [3.05, 3.63) is 22.4 Å². The third-order valence-electron chi connectivity index (χ3n) is 1.96. The summed E-state index contributed by atoms with van der Waals surface area (Å²) in [5.41, 5.74) is 2.01. The van der Waals surface area contributed by atoms with E-state index in [0.717, 1.165) is 11.3 Å². The second kappa shape index (κ2) is 6.87. The molecule has 94 valence electrons. The molecule has 0 saturated carbocycles. The lowest BCUT2D eigenvalue weighted by molar-refractivity contribution is -0.144. The number of amides is 2. The summed E-state index contributed by atoms with van der Waals surface area (Å²) in [5.74, 6) is -1.14. The van der Waals surface area contributed by atoms with Crippen LogP contribution in [-0.2, 0) is 9.63 Å². The first-order chi connectivity index (χ1) is 8.13. The SMILES string of the molecule is CCC(NC(=O)NOCC(=O)O)c1cccs1. The van der Waals surface area contributed by atoms with E-state index >= 15 is 0 Å². The summed E-state index contributed by atoms with van der Waals surface area (Å²) in [6.07, 6.45) is 0.743. The maximum Gasteiger partial charge on any atom is 0.339 e. The van der Waals surface area contributed by atoms with Gasteiger partial charge < -0.3 is 10.4 Å². The zero-order valence-corrected chi connectivity index (χ0v) is 10.1. The lowest BCUT2D eigenvalue weighted by atomic mass is 10.2. The first kappa shape index (κ1) is 13.5. The fourth-order valence-corrected chi connectivity index (χ4v) is 2.08. The molecule has 0 aromatic carbocycles. The molecular weight excluding hydrogens is 244 g/mol. The number of carbonyl (C=O) groups excluding carboxylic acids is 1. The zero-order chi connectivity index (χ0) is 12.7. The van der Waals surface area contributed by atoms with Crippen molar-refractivity contribution in [2.75, 3.05) is 6.61 Å². The number of thiophene rings is 1. The average molecular weight is 258 g/mol. The Bertz CT molecular complexity index is 366. The van der Waals surface area contributed by atoms with E-state index in [4.69, 9.17) is 5.11 Å². The molecular formula is C10H14N2O4S. The summed E-state index contributed by atoms with van der Waals surface area (Å²) in [6.45, 7) is 1.38. The Labute approximate surface area is 103 Å². The first-order valence-corrected chi connectivity index (χ1v) is 5.95. The molecule has 2 amide bonds. The highest BCUT2D eigenvalue weighted by Gasteiger charge is 2.13. The minimum atomic E-state index is -1.14. The molecule has 1 atom stereocenters. The van der Waals surface area contributed by atoms with E-state index in [-0.39, 0.29) is 6.04 Å². The molecule has 1 aromatic heterocycles. The highest BCUT2D eigenvalue weighted by Crippen LogP contribution is 2.21. The van der Waals surface area contributed by atoms with E-state index < -0.39 is 18.6 Å². The topological polar surface area (TPSA) is 87.7 Å². The molecule has 3 N–H and O–H groups in total. The normalized spacial score (nSPS) is 11.8. The van der Waals surface area contributed by atoms with Crippen molar-refractivity contribution in [3.63, 3.8) is 0 Å². The number of urea groups is 1. The number of hydrogen-bond donors (Lipinski definition) is 3. The summed E-state index contributed by atoms with van der Waals surface area (Å²) < 4.78 is 0. The molecule has 0 fully saturated rings. The van der Waals surface area contributed by atoms with Crippen LogP contribution in [0.3, 0.4) is 0 Å². The van der Waals surface area contributed by atoms with E-state index in [1.54, 1.807) is 11.3 Å². The Kier molecular flexibility index (Phi) is 5.44. The number of carboxylic acids is 1. The molecule has 0 spiro atoms. The Hall–Kier alpha value is -1.60. The van der Waals surface area contributed by atoms with Crippen LogP contribution in [0, 0.1) is 0 Å². The molecule has 0 bridgehead atoms. The maximum absolute atomic E-state index is 11.4. The third kappa shape index (κ3) is 4.83. The lowest BCUT2D eigenvalue weighted by Crippen LogP contribution is -2.38. The van der Waals surface area contributed by atoms with Crippen LogP contribution < -0.4 is 10.8 Å². The standard InChI is InChI=1S/C10H14N2O4S/c1-2-7(8-4-3-5-17-8)11-10(15)12-16-6-9(13)14/h3-5,7H,2,6H2,1H3,(H,13,14)(H2,11,12,15). The van der Waals surface area contributed by atoms with Crippen molar-refractivity contribution in [3.8, 4) is 0 Å². The number of rotatable bonds is 6. The summed E-state index contributed by atoms with van der Waals surface area (Å²) in [4.78, 5) is 27.0. The summed E-state index contributed by atoms with van der Waals surface area (Å²) in [5, 5.41) is 12.9. The molecule has 0 aliphatic rings. The predicted octanol–water partition coefficient (Wildman–Crippen LogP) is 1.51. The fraction of sp³-hybridized carbons (Fsp3) is 0.400. The second-order valence-electron chi connectivity index (χ2n) is 3.23. The van der Waals surface area contributed by atoms with E-state index in [1.165, 1.54) is 0 Å². The maximum atomic E-state index is 11.4. The number of hydrogen-bond acceptors (Lipinski definition) is 4. The monoisotopic (exact) mass is 258 g/mol. The van der Waals surface area contributed by atoms with Gasteiger partial charge in [-0.3, -0.25) is 4.84 Å². The van der Waals surface area contributed by atoms with Gasteiger partial charge in [0.1, 0.15) is 0 Å². The van der Waals surface area contributed by atoms with Crippen LogP contribution >= 0.6 is 11.3 Å². The molecule has 1 unspecified atom stereocenters. The fourth-order valence-electron chi connectivity index (χ4n) is 1.21. The van der Waals surface area contributed by atoms with Gasteiger partial charge in [0.15, 0.2) is 6.61 Å². The molecule has 1 aromatic rings. The van der Waals surface area contributed by atoms with Gasteiger partial charge in [0, 0.05) is 4.88 Å². The van der Waals surface area contributed by atoms with Crippen molar-refractivity contribution < 1.29 is 19.5 Å². The number of aliphatic carboxylic acids is 1. The first-order valence-electron chi connectivity index (χ1n) is 5.07. The molecule has 7 heteroatoms. The number of hydroxylamine groups is 1. The molecule has 17 heavy (non-hydrogen) atoms. The van der Waals surface area contributed by atoms with E-state index in [0.29, 0.717) is 0 Å². The van der Waals surface area contributed by atoms with Crippen molar-refractivity contribution in [1.29, 1.82) is 0 Å². The number of carbonyl (C=O) groups is 2. The second-order valence-corrected chi connectivity index (χ2v) is 4.21. The molecule has 0 saturated heterocycles. The molecule has 0 aliphatic carbocycles. The highest BCUT2D eigenvalue weighted by atomic mass is 32.1. The van der Waals surface area contributed by atoms with Gasteiger partial charge in [-0.15, -0.1) is 11.3 Å².